The molecular formula is C11H7BrN4O2S. The Morgan fingerprint density at radius 2 is 2.21 bits per heavy atom. The summed E-state index contributed by atoms with van der Waals surface area (Å²) >= 11 is 4.88. The van der Waals surface area contributed by atoms with E-state index in [0.717, 1.165) is 8.66 Å². The van der Waals surface area contributed by atoms with Crippen molar-refractivity contribution in [3.8, 4) is 10.6 Å². The highest BCUT2D eigenvalue weighted by Gasteiger charge is 2.15. The minimum Gasteiger partial charge on any atom is -0.477 e. The van der Waals surface area contributed by atoms with Gasteiger partial charge in [-0.1, -0.05) is 0 Å². The van der Waals surface area contributed by atoms with E-state index in [9.17, 15) is 4.79 Å². The summed E-state index contributed by atoms with van der Waals surface area (Å²) in [5.74, 6) is -0.246. The number of carbonyl (C=O) groups is 1. The van der Waals surface area contributed by atoms with E-state index >= 15 is 0 Å². The van der Waals surface area contributed by atoms with Crippen LogP contribution in [0.3, 0.4) is 0 Å². The molecule has 0 aliphatic heterocycles. The van der Waals surface area contributed by atoms with Crippen LogP contribution >= 0.6 is 27.3 Å². The molecule has 96 valence electrons. The fourth-order valence-electron chi connectivity index (χ4n) is 1.71. The molecule has 0 fully saturated rings. The molecule has 0 bridgehead atoms. The van der Waals surface area contributed by atoms with Gasteiger partial charge in [-0.25, -0.2) is 9.78 Å². The van der Waals surface area contributed by atoms with Gasteiger partial charge in [0, 0.05) is 0 Å². The fraction of sp³-hybridized carbons (Fsp3) is 0.0909. The van der Waals surface area contributed by atoms with Crippen LogP contribution in [0, 0.1) is 6.92 Å². The molecule has 19 heavy (non-hydrogen) atoms. The third kappa shape index (κ3) is 2.13. The summed E-state index contributed by atoms with van der Waals surface area (Å²) in [4.78, 5) is 20.1. The van der Waals surface area contributed by atoms with Gasteiger partial charge in [0.25, 0.3) is 5.78 Å². The molecule has 0 amide bonds. The molecule has 1 N–H and O–H groups in total. The van der Waals surface area contributed by atoms with Crippen molar-refractivity contribution < 1.29 is 9.90 Å². The van der Waals surface area contributed by atoms with Gasteiger partial charge in [-0.05, 0) is 41.1 Å². The molecule has 0 aliphatic carbocycles. The molecule has 0 aromatic carbocycles. The fourth-order valence-corrected chi connectivity index (χ4v) is 3.09. The van der Waals surface area contributed by atoms with Gasteiger partial charge in [0.2, 0.25) is 0 Å². The van der Waals surface area contributed by atoms with Gasteiger partial charge in [-0.2, -0.15) is 9.50 Å². The van der Waals surface area contributed by atoms with Crippen LogP contribution in [-0.2, 0) is 0 Å². The Hall–Kier alpha value is -1.80. The first-order valence-corrected chi connectivity index (χ1v) is 6.89. The minimum absolute atomic E-state index is 0.0422. The standard InChI is InChI=1S/C11H7BrN4O2S/c1-5-13-11-14-6(10(17)18)4-7(16(11)15-5)8-2-3-9(12)19-8/h2-4H,1H3,(H,17,18). The zero-order chi connectivity index (χ0) is 13.6. The summed E-state index contributed by atoms with van der Waals surface area (Å²) in [6.45, 7) is 1.74. The first-order chi connectivity index (χ1) is 9.04. The van der Waals surface area contributed by atoms with Crippen molar-refractivity contribution in [1.29, 1.82) is 0 Å². The zero-order valence-corrected chi connectivity index (χ0v) is 12.1. The summed E-state index contributed by atoms with van der Waals surface area (Å²) in [6, 6.07) is 5.30. The topological polar surface area (TPSA) is 80.4 Å². The maximum atomic E-state index is 11.1. The number of carboxylic acids is 1. The first kappa shape index (κ1) is 12.2. The second kappa shape index (κ2) is 4.39. The smallest absolute Gasteiger partial charge is 0.354 e. The summed E-state index contributed by atoms with van der Waals surface area (Å²) in [5.41, 5.74) is 0.623. The molecule has 0 atom stereocenters. The number of nitrogens with zero attached hydrogens (tertiary/aromatic N) is 4. The van der Waals surface area contributed by atoms with Gasteiger partial charge >= 0.3 is 5.97 Å². The van der Waals surface area contributed by atoms with E-state index < -0.39 is 5.97 Å². The summed E-state index contributed by atoms with van der Waals surface area (Å²) < 4.78 is 2.52. The molecule has 0 aliphatic rings. The van der Waals surface area contributed by atoms with Crippen LogP contribution in [0.2, 0.25) is 0 Å². The predicted octanol–water partition coefficient (Wildman–Crippen LogP) is 2.62. The van der Waals surface area contributed by atoms with Crippen molar-refractivity contribution >= 4 is 39.0 Å². The highest BCUT2D eigenvalue weighted by Crippen LogP contribution is 2.31. The van der Waals surface area contributed by atoms with Crippen LogP contribution in [0.5, 0.6) is 0 Å². The third-order valence-corrected chi connectivity index (χ3v) is 4.11. The first-order valence-electron chi connectivity index (χ1n) is 5.28. The lowest BCUT2D eigenvalue weighted by molar-refractivity contribution is 0.0690. The number of carboxylic acid groups (broad SMARTS) is 1. The van der Waals surface area contributed by atoms with Crippen LogP contribution in [0.15, 0.2) is 22.0 Å². The Labute approximate surface area is 119 Å². The van der Waals surface area contributed by atoms with Gasteiger partial charge in [0.15, 0.2) is 5.69 Å². The molecular weight excluding hydrogens is 332 g/mol. The lowest BCUT2D eigenvalue weighted by Gasteiger charge is -2.02. The zero-order valence-electron chi connectivity index (χ0n) is 9.66. The van der Waals surface area contributed by atoms with Crippen molar-refractivity contribution in [2.24, 2.45) is 0 Å². The Morgan fingerprint density at radius 3 is 2.84 bits per heavy atom. The van der Waals surface area contributed by atoms with Crippen molar-refractivity contribution in [2.45, 2.75) is 6.92 Å². The highest BCUT2D eigenvalue weighted by atomic mass is 79.9. The average Bonchev–Trinajstić information content (AvgIpc) is 2.92. The van der Waals surface area contributed by atoms with Crippen molar-refractivity contribution in [3.63, 3.8) is 0 Å². The summed E-state index contributed by atoms with van der Waals surface area (Å²) in [5, 5.41) is 13.3. The van der Waals surface area contributed by atoms with E-state index in [0.29, 0.717) is 11.5 Å². The number of aromatic carboxylic acids is 1. The van der Waals surface area contributed by atoms with Crippen LogP contribution < -0.4 is 0 Å². The maximum Gasteiger partial charge on any atom is 0.354 e. The largest absolute Gasteiger partial charge is 0.477 e. The van der Waals surface area contributed by atoms with Gasteiger partial charge in [0.05, 0.1) is 14.4 Å². The van der Waals surface area contributed by atoms with E-state index in [1.165, 1.54) is 17.4 Å². The van der Waals surface area contributed by atoms with Crippen molar-refractivity contribution in [1.82, 2.24) is 19.6 Å². The second-order valence-electron chi connectivity index (χ2n) is 3.81. The van der Waals surface area contributed by atoms with Gasteiger partial charge in [0.1, 0.15) is 5.82 Å². The normalized spacial score (nSPS) is 11.1. The quantitative estimate of drug-likeness (QED) is 0.776. The number of aryl methyl sites for hydroxylation is 1. The summed E-state index contributed by atoms with van der Waals surface area (Å²) in [6.07, 6.45) is 0. The molecule has 3 aromatic heterocycles. The molecule has 0 saturated carbocycles. The highest BCUT2D eigenvalue weighted by molar-refractivity contribution is 9.11. The number of fused-ring (bicyclic) bond motifs is 1. The maximum absolute atomic E-state index is 11.1. The predicted molar refractivity (Wildman–Crippen MR) is 73.5 cm³/mol. The minimum atomic E-state index is -1.08. The van der Waals surface area contributed by atoms with Crippen LogP contribution in [0.4, 0.5) is 0 Å². The second-order valence-corrected chi connectivity index (χ2v) is 6.27. The lowest BCUT2D eigenvalue weighted by atomic mass is 10.3. The molecule has 3 heterocycles. The van der Waals surface area contributed by atoms with E-state index in [4.69, 9.17) is 5.11 Å². The molecule has 3 aromatic rings. The Balaban J connectivity index is 2.34. The van der Waals surface area contributed by atoms with Crippen LogP contribution in [0.1, 0.15) is 16.3 Å². The van der Waals surface area contributed by atoms with E-state index in [2.05, 4.69) is 31.0 Å². The number of hydrogen-bond donors (Lipinski definition) is 1. The molecule has 8 heteroatoms. The SMILES string of the molecule is Cc1nc2nc(C(=O)O)cc(-c3ccc(Br)s3)n2n1. The van der Waals surface area contributed by atoms with Crippen LogP contribution in [0.25, 0.3) is 16.3 Å². The van der Waals surface area contributed by atoms with Gasteiger partial charge < -0.3 is 5.11 Å². The molecule has 6 nitrogen and oxygen atoms in total. The number of hydrogen-bond acceptors (Lipinski definition) is 5. The van der Waals surface area contributed by atoms with Crippen molar-refractivity contribution in [3.05, 3.63) is 33.5 Å². The lowest BCUT2D eigenvalue weighted by Crippen LogP contribution is -2.05. The monoisotopic (exact) mass is 338 g/mol. The Kier molecular flexibility index (Phi) is 2.83. The molecule has 0 spiro atoms. The third-order valence-electron chi connectivity index (χ3n) is 2.46. The Bertz CT molecular complexity index is 795. The van der Waals surface area contributed by atoms with Crippen molar-refractivity contribution in [2.75, 3.05) is 0 Å². The average molecular weight is 339 g/mol. The summed E-state index contributed by atoms with van der Waals surface area (Å²) in [7, 11) is 0. The molecule has 0 saturated heterocycles. The van der Waals surface area contributed by atoms with E-state index in [1.54, 1.807) is 11.4 Å². The Morgan fingerprint density at radius 1 is 1.42 bits per heavy atom. The van der Waals surface area contributed by atoms with E-state index in [-0.39, 0.29) is 11.5 Å². The molecule has 3 rings (SSSR count). The molecule has 0 unspecified atom stereocenters. The number of aromatic nitrogens is 4. The van der Waals surface area contributed by atoms with Gasteiger partial charge in [-0.15, -0.1) is 16.4 Å². The van der Waals surface area contributed by atoms with Crippen LogP contribution in [-0.4, -0.2) is 30.7 Å². The molecule has 0 radical (unpaired) electrons. The van der Waals surface area contributed by atoms with E-state index in [1.807, 2.05) is 12.1 Å². The number of halogens is 1. The van der Waals surface area contributed by atoms with Gasteiger partial charge in [-0.3, -0.25) is 0 Å². The number of thiophene rings is 1. The number of rotatable bonds is 2.